The van der Waals surface area contributed by atoms with Gasteiger partial charge in [0.25, 0.3) is 0 Å². The number of hydrazone groups is 1. The predicted octanol–water partition coefficient (Wildman–Crippen LogP) is 1.68. The summed E-state index contributed by atoms with van der Waals surface area (Å²) in [6.45, 7) is 5.94. The van der Waals surface area contributed by atoms with Crippen molar-refractivity contribution >= 4 is 23.0 Å². The standard InChI is InChI=1S/C11H16N4S/c1-8(2)13-11(16)15-14-9(3)10-5-4-6-12-7-10/h4-8H,1-3H3,(H2,13,15,16). The van der Waals surface area contributed by atoms with Crippen molar-refractivity contribution in [1.82, 2.24) is 15.7 Å². The fourth-order valence-corrected chi connectivity index (χ4v) is 1.35. The summed E-state index contributed by atoms with van der Waals surface area (Å²) in [7, 11) is 0. The Morgan fingerprint density at radius 3 is 2.81 bits per heavy atom. The molecule has 0 aliphatic heterocycles. The molecule has 1 rings (SSSR count). The van der Waals surface area contributed by atoms with E-state index in [-0.39, 0.29) is 0 Å². The number of nitrogens with zero attached hydrogens (tertiary/aromatic N) is 2. The van der Waals surface area contributed by atoms with Gasteiger partial charge < -0.3 is 5.32 Å². The maximum Gasteiger partial charge on any atom is 0.187 e. The maximum atomic E-state index is 5.05. The van der Waals surface area contributed by atoms with Gasteiger partial charge in [0.2, 0.25) is 0 Å². The normalized spacial score (nSPS) is 11.4. The van der Waals surface area contributed by atoms with Crippen molar-refractivity contribution in [2.75, 3.05) is 0 Å². The number of rotatable bonds is 3. The van der Waals surface area contributed by atoms with Gasteiger partial charge in [-0.25, -0.2) is 0 Å². The van der Waals surface area contributed by atoms with Gasteiger partial charge >= 0.3 is 0 Å². The van der Waals surface area contributed by atoms with Crippen LogP contribution < -0.4 is 10.7 Å². The molecule has 0 aliphatic carbocycles. The Labute approximate surface area is 101 Å². The molecule has 0 amide bonds. The lowest BCUT2D eigenvalue weighted by Gasteiger charge is -2.10. The van der Waals surface area contributed by atoms with Crippen LogP contribution in [0.25, 0.3) is 0 Å². The molecule has 0 aromatic carbocycles. The van der Waals surface area contributed by atoms with Crippen molar-refractivity contribution in [1.29, 1.82) is 0 Å². The molecule has 0 unspecified atom stereocenters. The summed E-state index contributed by atoms with van der Waals surface area (Å²) in [6.07, 6.45) is 3.49. The zero-order chi connectivity index (χ0) is 12.0. The van der Waals surface area contributed by atoms with E-state index in [4.69, 9.17) is 12.2 Å². The topological polar surface area (TPSA) is 49.3 Å². The Morgan fingerprint density at radius 2 is 2.25 bits per heavy atom. The van der Waals surface area contributed by atoms with Crippen LogP contribution in [0.2, 0.25) is 0 Å². The Bertz CT molecular complexity index is 373. The average Bonchev–Trinajstić information content (AvgIpc) is 2.26. The summed E-state index contributed by atoms with van der Waals surface area (Å²) in [5, 5.41) is 7.74. The molecule has 1 aromatic heterocycles. The quantitative estimate of drug-likeness (QED) is 0.476. The highest BCUT2D eigenvalue weighted by molar-refractivity contribution is 7.80. The second kappa shape index (κ2) is 6.17. The molecule has 1 heterocycles. The van der Waals surface area contributed by atoms with Crippen molar-refractivity contribution in [3.63, 3.8) is 0 Å². The van der Waals surface area contributed by atoms with Crippen molar-refractivity contribution in [2.24, 2.45) is 5.10 Å². The largest absolute Gasteiger partial charge is 0.359 e. The minimum absolute atomic E-state index is 0.300. The lowest BCUT2D eigenvalue weighted by Crippen LogP contribution is -2.37. The first-order valence-corrected chi connectivity index (χ1v) is 5.51. The van der Waals surface area contributed by atoms with E-state index in [0.717, 1.165) is 11.3 Å². The van der Waals surface area contributed by atoms with Crippen LogP contribution in [0.5, 0.6) is 0 Å². The van der Waals surface area contributed by atoms with E-state index in [2.05, 4.69) is 20.8 Å². The minimum Gasteiger partial charge on any atom is -0.359 e. The number of hydrogen-bond acceptors (Lipinski definition) is 3. The van der Waals surface area contributed by atoms with Crippen LogP contribution in [0.1, 0.15) is 26.3 Å². The Balaban J connectivity index is 2.55. The molecule has 1 aromatic rings. The third-order valence-electron chi connectivity index (χ3n) is 1.82. The van der Waals surface area contributed by atoms with Crippen LogP contribution in [0, 0.1) is 0 Å². The molecule has 0 bridgehead atoms. The van der Waals surface area contributed by atoms with Gasteiger partial charge in [-0.2, -0.15) is 5.10 Å². The number of aromatic nitrogens is 1. The molecular formula is C11H16N4S. The highest BCUT2D eigenvalue weighted by Gasteiger charge is 1.98. The molecule has 0 saturated carbocycles. The summed E-state index contributed by atoms with van der Waals surface area (Å²) in [5.41, 5.74) is 4.62. The molecule has 16 heavy (non-hydrogen) atoms. The Kier molecular flexibility index (Phi) is 4.85. The van der Waals surface area contributed by atoms with Crippen LogP contribution in [0.3, 0.4) is 0 Å². The first kappa shape index (κ1) is 12.6. The SMILES string of the molecule is CC(=NNC(=S)NC(C)C)c1cccnc1. The highest BCUT2D eigenvalue weighted by atomic mass is 32.1. The third-order valence-corrected chi connectivity index (χ3v) is 2.03. The molecule has 0 spiro atoms. The molecule has 0 radical (unpaired) electrons. The van der Waals surface area contributed by atoms with Crippen molar-refractivity contribution < 1.29 is 0 Å². The molecule has 0 aliphatic rings. The predicted molar refractivity (Wildman–Crippen MR) is 70.5 cm³/mol. The molecule has 0 atom stereocenters. The summed E-state index contributed by atoms with van der Waals surface area (Å²) in [6, 6.07) is 4.12. The first-order chi connectivity index (χ1) is 7.59. The van der Waals surface area contributed by atoms with E-state index < -0.39 is 0 Å². The van der Waals surface area contributed by atoms with Gasteiger partial charge in [0.15, 0.2) is 5.11 Å². The van der Waals surface area contributed by atoms with Gasteiger partial charge in [-0.3, -0.25) is 10.4 Å². The van der Waals surface area contributed by atoms with E-state index in [9.17, 15) is 0 Å². The molecule has 86 valence electrons. The van der Waals surface area contributed by atoms with Crippen LogP contribution in [-0.4, -0.2) is 21.8 Å². The third kappa shape index (κ3) is 4.35. The summed E-state index contributed by atoms with van der Waals surface area (Å²) >= 11 is 5.05. The number of hydrogen-bond donors (Lipinski definition) is 2. The van der Waals surface area contributed by atoms with Crippen LogP contribution >= 0.6 is 12.2 Å². The van der Waals surface area contributed by atoms with Gasteiger partial charge in [0.1, 0.15) is 0 Å². The molecular weight excluding hydrogens is 220 g/mol. The van der Waals surface area contributed by atoms with E-state index >= 15 is 0 Å². The van der Waals surface area contributed by atoms with Gasteiger partial charge in [0.05, 0.1) is 5.71 Å². The first-order valence-electron chi connectivity index (χ1n) is 5.11. The number of pyridine rings is 1. The van der Waals surface area contributed by atoms with E-state index in [1.807, 2.05) is 32.9 Å². The second-order valence-corrected chi connectivity index (χ2v) is 4.09. The average molecular weight is 236 g/mol. The van der Waals surface area contributed by atoms with E-state index in [0.29, 0.717) is 11.2 Å². The molecule has 4 nitrogen and oxygen atoms in total. The molecule has 0 saturated heterocycles. The van der Waals surface area contributed by atoms with Crippen LogP contribution in [0.4, 0.5) is 0 Å². The monoisotopic (exact) mass is 236 g/mol. The lowest BCUT2D eigenvalue weighted by molar-refractivity contribution is 0.719. The second-order valence-electron chi connectivity index (χ2n) is 3.68. The van der Waals surface area contributed by atoms with Gasteiger partial charge in [-0.1, -0.05) is 6.07 Å². The fraction of sp³-hybridized carbons (Fsp3) is 0.364. The number of thiocarbonyl (C=S) groups is 1. The van der Waals surface area contributed by atoms with Gasteiger partial charge in [-0.15, -0.1) is 0 Å². The van der Waals surface area contributed by atoms with E-state index in [1.165, 1.54) is 0 Å². The van der Waals surface area contributed by atoms with Crippen molar-refractivity contribution in [2.45, 2.75) is 26.8 Å². The summed E-state index contributed by atoms with van der Waals surface area (Å²) < 4.78 is 0. The van der Waals surface area contributed by atoms with Crippen molar-refractivity contribution in [3.8, 4) is 0 Å². The Hall–Kier alpha value is -1.49. The zero-order valence-electron chi connectivity index (χ0n) is 9.69. The summed E-state index contributed by atoms with van der Waals surface area (Å²) in [5.74, 6) is 0. The molecule has 0 fully saturated rings. The smallest absolute Gasteiger partial charge is 0.187 e. The van der Waals surface area contributed by atoms with Gasteiger partial charge in [-0.05, 0) is 39.1 Å². The lowest BCUT2D eigenvalue weighted by atomic mass is 10.2. The maximum absolute atomic E-state index is 5.05. The van der Waals surface area contributed by atoms with Crippen LogP contribution in [-0.2, 0) is 0 Å². The van der Waals surface area contributed by atoms with Gasteiger partial charge in [0, 0.05) is 24.0 Å². The zero-order valence-corrected chi connectivity index (χ0v) is 10.5. The van der Waals surface area contributed by atoms with Crippen molar-refractivity contribution in [3.05, 3.63) is 30.1 Å². The molecule has 5 heteroatoms. The fourth-order valence-electron chi connectivity index (χ4n) is 1.07. The summed E-state index contributed by atoms with van der Waals surface area (Å²) in [4.78, 5) is 4.02. The number of nitrogens with one attached hydrogen (secondary N) is 2. The minimum atomic E-state index is 0.300. The highest BCUT2D eigenvalue weighted by Crippen LogP contribution is 1.97. The molecule has 2 N–H and O–H groups in total. The van der Waals surface area contributed by atoms with Crippen LogP contribution in [0.15, 0.2) is 29.6 Å². The van der Waals surface area contributed by atoms with E-state index in [1.54, 1.807) is 12.4 Å². The Morgan fingerprint density at radius 1 is 1.50 bits per heavy atom.